The number of benzene rings is 2. The summed E-state index contributed by atoms with van der Waals surface area (Å²) in [6.45, 7) is 3.38. The Kier molecular flexibility index (Phi) is 3.79. The van der Waals surface area contributed by atoms with Crippen LogP contribution in [0.1, 0.15) is 17.0 Å². The van der Waals surface area contributed by atoms with Crippen molar-refractivity contribution in [3.05, 3.63) is 75.8 Å². The van der Waals surface area contributed by atoms with Gasteiger partial charge in [0.25, 0.3) is 5.56 Å². The van der Waals surface area contributed by atoms with Crippen LogP contribution in [0.5, 0.6) is 0 Å². The predicted molar refractivity (Wildman–Crippen MR) is 84.1 cm³/mol. The molecule has 3 rings (SSSR count). The van der Waals surface area contributed by atoms with Gasteiger partial charge in [-0.05, 0) is 30.2 Å². The van der Waals surface area contributed by atoms with Gasteiger partial charge in [-0.15, -0.1) is 0 Å². The van der Waals surface area contributed by atoms with Gasteiger partial charge in [-0.1, -0.05) is 36.4 Å². The monoisotopic (exact) mass is 279 g/mol. The topological polar surface area (TPSA) is 57.8 Å². The van der Waals surface area contributed by atoms with Crippen LogP contribution >= 0.6 is 0 Å². The van der Waals surface area contributed by atoms with E-state index in [1.807, 2.05) is 30.3 Å². The average molecular weight is 279 g/mol. The molecular formula is C17H17N3O. The Morgan fingerprint density at radius 2 is 1.81 bits per heavy atom. The number of aromatic amines is 1. The highest BCUT2D eigenvalue weighted by molar-refractivity contribution is 5.77. The number of hydrogen-bond donors (Lipinski definition) is 2. The molecule has 0 unspecified atom stereocenters. The first-order chi connectivity index (χ1) is 10.2. The summed E-state index contributed by atoms with van der Waals surface area (Å²) >= 11 is 0. The van der Waals surface area contributed by atoms with Gasteiger partial charge < -0.3 is 10.3 Å². The van der Waals surface area contributed by atoms with Crippen molar-refractivity contribution in [3.8, 4) is 0 Å². The maximum atomic E-state index is 12.0. The molecule has 106 valence electrons. The minimum absolute atomic E-state index is 0.0895. The second-order valence-corrected chi connectivity index (χ2v) is 5.06. The largest absolute Gasteiger partial charge is 0.309 e. The van der Waals surface area contributed by atoms with E-state index in [1.165, 1.54) is 11.1 Å². The van der Waals surface area contributed by atoms with E-state index in [4.69, 9.17) is 0 Å². The first-order valence-electron chi connectivity index (χ1n) is 6.97. The lowest BCUT2D eigenvalue weighted by Gasteiger charge is -2.07. The summed E-state index contributed by atoms with van der Waals surface area (Å²) in [6.07, 6.45) is 0. The zero-order chi connectivity index (χ0) is 14.7. The Hall–Kier alpha value is -2.46. The number of fused-ring (bicyclic) bond motifs is 1. The number of nitrogens with one attached hydrogen (secondary N) is 2. The van der Waals surface area contributed by atoms with E-state index in [2.05, 4.69) is 34.3 Å². The van der Waals surface area contributed by atoms with Crippen molar-refractivity contribution in [1.82, 2.24) is 15.3 Å². The van der Waals surface area contributed by atoms with Crippen LogP contribution in [-0.4, -0.2) is 9.97 Å². The molecule has 2 N–H and O–H groups in total. The number of H-pyrrole nitrogens is 1. The second-order valence-electron chi connectivity index (χ2n) is 5.06. The molecule has 0 aliphatic carbocycles. The lowest BCUT2D eigenvalue weighted by molar-refractivity contribution is 0.661. The minimum atomic E-state index is -0.0895. The first-order valence-corrected chi connectivity index (χ1v) is 6.97. The fraction of sp³-hybridized carbons (Fsp3) is 0.176. The van der Waals surface area contributed by atoms with Crippen LogP contribution in [0.4, 0.5) is 0 Å². The molecule has 0 aliphatic heterocycles. The van der Waals surface area contributed by atoms with E-state index in [0.717, 1.165) is 12.1 Å². The van der Waals surface area contributed by atoms with E-state index in [1.54, 1.807) is 6.07 Å². The molecule has 4 heteroatoms. The molecule has 1 heterocycles. The predicted octanol–water partition coefficient (Wildman–Crippen LogP) is 2.52. The van der Waals surface area contributed by atoms with Crippen molar-refractivity contribution < 1.29 is 0 Å². The van der Waals surface area contributed by atoms with Gasteiger partial charge in [0.05, 0.1) is 17.4 Å². The van der Waals surface area contributed by atoms with Crippen LogP contribution in [0.15, 0.2) is 53.3 Å². The molecule has 0 atom stereocenters. The highest BCUT2D eigenvalue weighted by atomic mass is 16.1. The van der Waals surface area contributed by atoms with Crippen LogP contribution < -0.4 is 10.9 Å². The number of aryl methyl sites for hydroxylation is 1. The van der Waals surface area contributed by atoms with Crippen molar-refractivity contribution >= 4 is 10.9 Å². The molecule has 0 radical (unpaired) electrons. The summed E-state index contributed by atoms with van der Waals surface area (Å²) in [6, 6.07) is 15.6. The van der Waals surface area contributed by atoms with Gasteiger partial charge in [0.2, 0.25) is 0 Å². The zero-order valence-corrected chi connectivity index (χ0v) is 11.9. The van der Waals surface area contributed by atoms with Crippen LogP contribution in [0.2, 0.25) is 0 Å². The third-order valence-corrected chi connectivity index (χ3v) is 3.53. The van der Waals surface area contributed by atoms with E-state index in [-0.39, 0.29) is 5.56 Å². The molecule has 2 aromatic carbocycles. The van der Waals surface area contributed by atoms with Gasteiger partial charge in [-0.2, -0.15) is 0 Å². The van der Waals surface area contributed by atoms with Crippen molar-refractivity contribution in [2.45, 2.75) is 20.0 Å². The van der Waals surface area contributed by atoms with Crippen LogP contribution in [0.25, 0.3) is 10.9 Å². The molecule has 0 aliphatic rings. The molecular weight excluding hydrogens is 262 g/mol. The summed E-state index contributed by atoms with van der Waals surface area (Å²) in [7, 11) is 0. The zero-order valence-electron chi connectivity index (χ0n) is 11.9. The molecule has 1 aromatic heterocycles. The summed E-state index contributed by atoms with van der Waals surface area (Å²) < 4.78 is 0. The molecule has 0 spiro atoms. The lowest BCUT2D eigenvalue weighted by atomic mass is 10.1. The van der Waals surface area contributed by atoms with Crippen LogP contribution in [0.3, 0.4) is 0 Å². The first kappa shape index (κ1) is 13.5. The van der Waals surface area contributed by atoms with E-state index in [0.29, 0.717) is 17.8 Å². The summed E-state index contributed by atoms with van der Waals surface area (Å²) in [5.41, 5.74) is 3.15. The van der Waals surface area contributed by atoms with E-state index < -0.39 is 0 Å². The summed E-state index contributed by atoms with van der Waals surface area (Å²) in [5, 5.41) is 3.94. The number of hydrogen-bond acceptors (Lipinski definition) is 3. The SMILES string of the molecule is Cc1ccccc1CNCc1nc2ccccc2c(=O)[nH]1. The fourth-order valence-corrected chi connectivity index (χ4v) is 2.34. The van der Waals surface area contributed by atoms with Gasteiger partial charge in [0, 0.05) is 6.54 Å². The molecule has 0 bridgehead atoms. The van der Waals surface area contributed by atoms with Gasteiger partial charge in [0.1, 0.15) is 5.82 Å². The van der Waals surface area contributed by atoms with Crippen molar-refractivity contribution in [2.24, 2.45) is 0 Å². The van der Waals surface area contributed by atoms with Crippen molar-refractivity contribution in [2.75, 3.05) is 0 Å². The minimum Gasteiger partial charge on any atom is -0.309 e. The van der Waals surface area contributed by atoms with E-state index >= 15 is 0 Å². The Balaban J connectivity index is 1.74. The number of nitrogens with zero attached hydrogens (tertiary/aromatic N) is 1. The van der Waals surface area contributed by atoms with Crippen LogP contribution in [-0.2, 0) is 13.1 Å². The Morgan fingerprint density at radius 1 is 1.05 bits per heavy atom. The molecule has 3 aromatic rings. The quantitative estimate of drug-likeness (QED) is 0.771. The van der Waals surface area contributed by atoms with Gasteiger partial charge in [0.15, 0.2) is 0 Å². The van der Waals surface area contributed by atoms with Gasteiger partial charge in [-0.25, -0.2) is 4.98 Å². The highest BCUT2D eigenvalue weighted by Crippen LogP contribution is 2.07. The number of para-hydroxylation sites is 1. The lowest BCUT2D eigenvalue weighted by Crippen LogP contribution is -2.19. The van der Waals surface area contributed by atoms with Gasteiger partial charge in [-0.3, -0.25) is 4.79 Å². The maximum absolute atomic E-state index is 12.0. The van der Waals surface area contributed by atoms with Crippen molar-refractivity contribution in [1.29, 1.82) is 0 Å². The smallest absolute Gasteiger partial charge is 0.258 e. The third-order valence-electron chi connectivity index (χ3n) is 3.53. The summed E-state index contributed by atoms with van der Waals surface area (Å²) in [4.78, 5) is 19.3. The second kappa shape index (κ2) is 5.89. The molecule has 0 saturated heterocycles. The fourth-order valence-electron chi connectivity index (χ4n) is 2.34. The van der Waals surface area contributed by atoms with E-state index in [9.17, 15) is 4.79 Å². The van der Waals surface area contributed by atoms with Crippen LogP contribution in [0, 0.1) is 6.92 Å². The molecule has 0 amide bonds. The molecule has 0 fully saturated rings. The van der Waals surface area contributed by atoms with Crippen molar-refractivity contribution in [3.63, 3.8) is 0 Å². The Morgan fingerprint density at radius 3 is 2.67 bits per heavy atom. The van der Waals surface area contributed by atoms with Gasteiger partial charge >= 0.3 is 0 Å². The highest BCUT2D eigenvalue weighted by Gasteiger charge is 2.03. The standard InChI is InChI=1S/C17H17N3O/c1-12-6-2-3-7-13(12)10-18-11-16-19-15-9-5-4-8-14(15)17(21)20-16/h2-9,18H,10-11H2,1H3,(H,19,20,21). The third kappa shape index (κ3) is 3.01. The Bertz CT molecular complexity index is 823. The number of rotatable bonds is 4. The molecule has 4 nitrogen and oxygen atoms in total. The molecule has 21 heavy (non-hydrogen) atoms. The maximum Gasteiger partial charge on any atom is 0.258 e. The average Bonchev–Trinajstić information content (AvgIpc) is 2.49. The Labute approximate surface area is 122 Å². The normalized spacial score (nSPS) is 10.9. The number of aromatic nitrogens is 2. The summed E-state index contributed by atoms with van der Waals surface area (Å²) in [5.74, 6) is 0.660. The molecule has 0 saturated carbocycles.